The van der Waals surface area contributed by atoms with Gasteiger partial charge in [-0.2, -0.15) is 13.2 Å². The lowest BCUT2D eigenvalue weighted by Gasteiger charge is -2.11. The van der Waals surface area contributed by atoms with Crippen molar-refractivity contribution in [3.8, 4) is 0 Å². The molecule has 18 heavy (non-hydrogen) atoms. The molecule has 2 rings (SSSR count). The molecule has 2 heterocycles. The Labute approximate surface area is 100 Å². The molecule has 98 valence electrons. The molecule has 0 amide bonds. The van der Waals surface area contributed by atoms with Crippen molar-refractivity contribution in [1.29, 1.82) is 0 Å². The number of carboxylic acids is 1. The number of rotatable bonds is 0. The van der Waals surface area contributed by atoms with E-state index in [4.69, 9.17) is 15.6 Å². The number of alkyl halides is 3. The molecule has 8 heteroatoms. The summed E-state index contributed by atoms with van der Waals surface area (Å²) in [6.07, 6.45) is 4.46. The van der Waals surface area contributed by atoms with Crippen molar-refractivity contribution in [1.82, 2.24) is 4.90 Å². The zero-order valence-corrected chi connectivity index (χ0v) is 9.05. The monoisotopic (exact) mass is 261 g/mol. The molecule has 0 radical (unpaired) electrons. The molecule has 0 spiro atoms. The number of allylic oxidation sites excluding steroid dienone is 3. The second kappa shape index (κ2) is 5.39. The van der Waals surface area contributed by atoms with Gasteiger partial charge in [0.15, 0.2) is 5.82 Å². The third kappa shape index (κ3) is 3.65. The van der Waals surface area contributed by atoms with E-state index in [1.165, 1.54) is 0 Å². The van der Waals surface area contributed by atoms with Crippen LogP contribution in [0.4, 0.5) is 13.2 Å². The molecule has 0 aliphatic carbocycles. The number of nitrogens with two attached hydrogens (primary N) is 1. The molecular formula is C10H10F3N3O2. The zero-order valence-electron chi connectivity index (χ0n) is 9.05. The molecule has 2 aliphatic heterocycles. The number of hydrogen-bond acceptors (Lipinski definition) is 4. The summed E-state index contributed by atoms with van der Waals surface area (Å²) in [5.41, 5.74) is 6.44. The Balaban J connectivity index is 0.000000203. The first-order valence-electron chi connectivity index (χ1n) is 4.76. The van der Waals surface area contributed by atoms with Gasteiger partial charge in [-0.1, -0.05) is 6.08 Å². The number of fused-ring (bicyclic) bond motifs is 1. The quantitative estimate of drug-likeness (QED) is 0.687. The Bertz CT molecular complexity index is 450. The molecule has 0 atom stereocenters. The van der Waals surface area contributed by atoms with Crippen LogP contribution in [0.25, 0.3) is 0 Å². The molecule has 0 fully saturated rings. The summed E-state index contributed by atoms with van der Waals surface area (Å²) in [4.78, 5) is 15.1. The Morgan fingerprint density at radius 3 is 2.61 bits per heavy atom. The molecule has 0 saturated heterocycles. The fraction of sp³-hybridized carbons (Fsp3) is 0.200. The van der Waals surface area contributed by atoms with Gasteiger partial charge in [-0.3, -0.25) is 0 Å². The fourth-order valence-electron chi connectivity index (χ4n) is 1.14. The predicted molar refractivity (Wildman–Crippen MR) is 58.4 cm³/mol. The van der Waals surface area contributed by atoms with Crippen LogP contribution in [-0.4, -0.2) is 34.9 Å². The van der Waals surface area contributed by atoms with Crippen molar-refractivity contribution in [3.05, 3.63) is 35.9 Å². The van der Waals surface area contributed by atoms with Gasteiger partial charge >= 0.3 is 12.1 Å². The first-order valence-corrected chi connectivity index (χ1v) is 4.76. The van der Waals surface area contributed by atoms with Gasteiger partial charge in [-0.25, -0.2) is 9.79 Å². The SMILES string of the molecule is NC1=C2N=CCN2C=CC=C1.O=C(O)C(F)(F)F. The molecule has 0 aromatic rings. The number of hydrogen-bond donors (Lipinski definition) is 2. The van der Waals surface area contributed by atoms with Gasteiger partial charge in [-0.15, -0.1) is 0 Å². The van der Waals surface area contributed by atoms with Crippen molar-refractivity contribution in [2.45, 2.75) is 6.18 Å². The summed E-state index contributed by atoms with van der Waals surface area (Å²) in [5.74, 6) is -1.90. The van der Waals surface area contributed by atoms with Gasteiger partial charge in [-0.05, 0) is 12.2 Å². The lowest BCUT2D eigenvalue weighted by Crippen LogP contribution is -2.21. The standard InChI is InChI=1S/C8H9N3.C2HF3O2/c9-7-3-1-2-5-11-6-4-10-8(7)11;3-2(4,5)1(6)7/h1-5H,6,9H2;(H,6,7). The summed E-state index contributed by atoms with van der Waals surface area (Å²) in [6, 6.07) is 0. The first-order chi connectivity index (χ1) is 8.32. The molecule has 0 aromatic carbocycles. The zero-order chi connectivity index (χ0) is 13.8. The highest BCUT2D eigenvalue weighted by molar-refractivity contribution is 5.73. The van der Waals surface area contributed by atoms with Crippen LogP contribution < -0.4 is 5.73 Å². The van der Waals surface area contributed by atoms with Gasteiger partial charge < -0.3 is 15.7 Å². The molecule has 2 aliphatic rings. The summed E-state index contributed by atoms with van der Waals surface area (Å²) in [7, 11) is 0. The second-order valence-electron chi connectivity index (χ2n) is 3.25. The first kappa shape index (κ1) is 13.8. The summed E-state index contributed by atoms with van der Waals surface area (Å²) in [6.45, 7) is 0.828. The average molecular weight is 261 g/mol. The van der Waals surface area contributed by atoms with Crippen LogP contribution in [0.3, 0.4) is 0 Å². The maximum atomic E-state index is 10.6. The van der Waals surface area contributed by atoms with Crippen LogP contribution in [0.1, 0.15) is 0 Å². The molecule has 0 aromatic heterocycles. The Morgan fingerprint density at radius 1 is 1.44 bits per heavy atom. The highest BCUT2D eigenvalue weighted by Crippen LogP contribution is 2.16. The minimum absolute atomic E-state index is 0.726. The Hall–Kier alpha value is -2.25. The Morgan fingerprint density at radius 2 is 2.06 bits per heavy atom. The lowest BCUT2D eigenvalue weighted by atomic mass is 10.4. The van der Waals surface area contributed by atoms with Crippen LogP contribution in [0.15, 0.2) is 40.9 Å². The third-order valence-electron chi connectivity index (χ3n) is 1.92. The van der Waals surface area contributed by atoms with Gasteiger partial charge in [0.2, 0.25) is 0 Å². The lowest BCUT2D eigenvalue weighted by molar-refractivity contribution is -0.192. The van der Waals surface area contributed by atoms with Crippen LogP contribution >= 0.6 is 0 Å². The third-order valence-corrected chi connectivity index (χ3v) is 1.92. The van der Waals surface area contributed by atoms with Crippen molar-refractivity contribution < 1.29 is 23.1 Å². The smallest absolute Gasteiger partial charge is 0.475 e. The van der Waals surface area contributed by atoms with Crippen LogP contribution in [0, 0.1) is 0 Å². The number of carbonyl (C=O) groups is 1. The summed E-state index contributed by atoms with van der Waals surface area (Å²) in [5, 5.41) is 7.12. The van der Waals surface area contributed by atoms with Crippen LogP contribution in [0.2, 0.25) is 0 Å². The molecular weight excluding hydrogens is 251 g/mol. The van der Waals surface area contributed by atoms with E-state index >= 15 is 0 Å². The molecule has 3 N–H and O–H groups in total. The highest BCUT2D eigenvalue weighted by Gasteiger charge is 2.38. The normalized spacial score (nSPS) is 17.2. The fourth-order valence-corrected chi connectivity index (χ4v) is 1.14. The van der Waals surface area contributed by atoms with Gasteiger partial charge in [0.25, 0.3) is 0 Å². The van der Waals surface area contributed by atoms with E-state index in [-0.39, 0.29) is 0 Å². The van der Waals surface area contributed by atoms with E-state index in [1.54, 1.807) is 0 Å². The number of nitrogens with zero attached hydrogens (tertiary/aromatic N) is 2. The summed E-state index contributed by atoms with van der Waals surface area (Å²) >= 11 is 0. The van der Waals surface area contributed by atoms with Crippen molar-refractivity contribution >= 4 is 12.2 Å². The van der Waals surface area contributed by atoms with E-state index in [1.807, 2.05) is 35.5 Å². The van der Waals surface area contributed by atoms with Crippen molar-refractivity contribution in [3.63, 3.8) is 0 Å². The van der Waals surface area contributed by atoms with Gasteiger partial charge in [0, 0.05) is 12.4 Å². The van der Waals surface area contributed by atoms with E-state index in [0.717, 1.165) is 18.1 Å². The van der Waals surface area contributed by atoms with Crippen molar-refractivity contribution in [2.75, 3.05) is 6.54 Å². The number of halogens is 3. The molecule has 0 unspecified atom stereocenters. The number of aliphatic imine (C=N–C) groups is 1. The largest absolute Gasteiger partial charge is 0.490 e. The van der Waals surface area contributed by atoms with E-state index in [0.29, 0.717) is 0 Å². The average Bonchev–Trinajstić information content (AvgIpc) is 2.65. The topological polar surface area (TPSA) is 78.9 Å². The number of carboxylic acid groups (broad SMARTS) is 1. The van der Waals surface area contributed by atoms with E-state index < -0.39 is 12.1 Å². The molecule has 5 nitrogen and oxygen atoms in total. The minimum Gasteiger partial charge on any atom is -0.475 e. The van der Waals surface area contributed by atoms with Crippen LogP contribution in [0.5, 0.6) is 0 Å². The van der Waals surface area contributed by atoms with Gasteiger partial charge in [0.1, 0.15) is 0 Å². The number of aliphatic carboxylic acids is 1. The maximum absolute atomic E-state index is 10.6. The maximum Gasteiger partial charge on any atom is 0.490 e. The van der Waals surface area contributed by atoms with Crippen molar-refractivity contribution in [2.24, 2.45) is 10.7 Å². The van der Waals surface area contributed by atoms with E-state index in [9.17, 15) is 13.2 Å². The molecule has 0 saturated carbocycles. The molecule has 0 bridgehead atoms. The van der Waals surface area contributed by atoms with E-state index in [2.05, 4.69) is 4.99 Å². The van der Waals surface area contributed by atoms with Crippen LogP contribution in [-0.2, 0) is 4.79 Å². The second-order valence-corrected chi connectivity index (χ2v) is 3.25. The predicted octanol–water partition coefficient (Wildman–Crippen LogP) is 1.22. The summed E-state index contributed by atoms with van der Waals surface area (Å²) < 4.78 is 31.7. The minimum atomic E-state index is -5.08. The van der Waals surface area contributed by atoms with Gasteiger partial charge in [0.05, 0.1) is 12.2 Å². The Kier molecular flexibility index (Phi) is 4.13. The highest BCUT2D eigenvalue weighted by atomic mass is 19.4.